The largest absolute Gasteiger partial charge is 0.496 e. The summed E-state index contributed by atoms with van der Waals surface area (Å²) >= 11 is 0. The van der Waals surface area contributed by atoms with Gasteiger partial charge in [-0.25, -0.2) is 9.50 Å². The fourth-order valence-corrected chi connectivity index (χ4v) is 3.04. The van der Waals surface area contributed by atoms with E-state index in [0.29, 0.717) is 6.04 Å². The van der Waals surface area contributed by atoms with Gasteiger partial charge in [0.15, 0.2) is 5.65 Å². The summed E-state index contributed by atoms with van der Waals surface area (Å²) in [6.45, 7) is 1.61. The molecule has 0 unspecified atom stereocenters. The average Bonchev–Trinajstić information content (AvgIpc) is 3.05. The molecule has 6 heteroatoms. The van der Waals surface area contributed by atoms with Gasteiger partial charge in [-0.05, 0) is 37.1 Å². The Morgan fingerprint density at radius 2 is 2.00 bits per heavy atom. The van der Waals surface area contributed by atoms with E-state index in [-0.39, 0.29) is 0 Å². The maximum Gasteiger partial charge on any atom is 0.154 e. The van der Waals surface area contributed by atoms with Gasteiger partial charge in [0, 0.05) is 24.8 Å². The highest BCUT2D eigenvalue weighted by molar-refractivity contribution is 5.69. The van der Waals surface area contributed by atoms with Crippen LogP contribution >= 0.6 is 0 Å². The lowest BCUT2D eigenvalue weighted by Gasteiger charge is -2.23. The van der Waals surface area contributed by atoms with E-state index in [4.69, 9.17) is 14.6 Å². The second-order valence-electron chi connectivity index (χ2n) is 5.86. The third-order valence-electron chi connectivity index (χ3n) is 4.32. The van der Waals surface area contributed by atoms with E-state index in [1.165, 1.54) is 0 Å². The van der Waals surface area contributed by atoms with Crippen molar-refractivity contribution >= 4 is 11.5 Å². The molecule has 0 spiro atoms. The smallest absolute Gasteiger partial charge is 0.154 e. The number of imidazole rings is 1. The summed E-state index contributed by atoms with van der Waals surface area (Å²) in [6.07, 6.45) is 3.84. The normalized spacial score (nSPS) is 15.5. The summed E-state index contributed by atoms with van der Waals surface area (Å²) in [5, 5.41) is 8.23. The summed E-state index contributed by atoms with van der Waals surface area (Å²) in [5.74, 6) is 1.66. The Bertz CT molecular complexity index is 840. The van der Waals surface area contributed by atoms with Gasteiger partial charge in [-0.1, -0.05) is 12.1 Å². The van der Waals surface area contributed by atoms with Gasteiger partial charge < -0.3 is 14.8 Å². The zero-order valence-corrected chi connectivity index (χ0v) is 13.6. The molecular weight excluding hydrogens is 304 g/mol. The first-order valence-corrected chi connectivity index (χ1v) is 8.17. The van der Waals surface area contributed by atoms with Crippen molar-refractivity contribution < 1.29 is 9.47 Å². The van der Waals surface area contributed by atoms with Crippen molar-refractivity contribution in [2.75, 3.05) is 25.6 Å². The maximum absolute atomic E-state index is 5.47. The topological polar surface area (TPSA) is 60.7 Å². The zero-order valence-electron chi connectivity index (χ0n) is 13.6. The summed E-state index contributed by atoms with van der Waals surface area (Å²) in [4.78, 5) is 4.46. The second kappa shape index (κ2) is 6.49. The minimum atomic E-state index is 0.405. The number of hydrogen-bond donors (Lipinski definition) is 1. The third kappa shape index (κ3) is 2.80. The predicted molar refractivity (Wildman–Crippen MR) is 92.4 cm³/mol. The molecule has 3 heterocycles. The molecular formula is C18H20N4O2. The van der Waals surface area contributed by atoms with Crippen molar-refractivity contribution in [3.8, 4) is 17.0 Å². The van der Waals surface area contributed by atoms with Crippen LogP contribution in [0, 0.1) is 0 Å². The monoisotopic (exact) mass is 324 g/mol. The molecule has 6 nitrogen and oxygen atoms in total. The van der Waals surface area contributed by atoms with Crippen LogP contribution in [0.15, 0.2) is 42.6 Å². The highest BCUT2D eigenvalue weighted by Gasteiger charge is 2.16. The first-order chi connectivity index (χ1) is 11.8. The van der Waals surface area contributed by atoms with Crippen LogP contribution in [0.1, 0.15) is 12.8 Å². The molecule has 1 fully saturated rings. The van der Waals surface area contributed by atoms with E-state index in [1.807, 2.05) is 47.1 Å². The number of anilines is 1. The van der Waals surface area contributed by atoms with E-state index in [0.717, 1.165) is 54.5 Å². The first kappa shape index (κ1) is 15.0. The first-order valence-electron chi connectivity index (χ1n) is 8.17. The number of rotatable bonds is 4. The summed E-state index contributed by atoms with van der Waals surface area (Å²) in [5.41, 5.74) is 2.70. The van der Waals surface area contributed by atoms with Gasteiger partial charge in [-0.15, -0.1) is 5.10 Å². The molecule has 0 atom stereocenters. The lowest BCUT2D eigenvalue weighted by molar-refractivity contribution is 0.0903. The number of methoxy groups -OCH3 is 1. The molecule has 1 aliphatic heterocycles. The molecule has 4 rings (SSSR count). The zero-order chi connectivity index (χ0) is 16.4. The number of para-hydroxylation sites is 1. The Morgan fingerprint density at radius 1 is 1.17 bits per heavy atom. The molecule has 0 radical (unpaired) electrons. The van der Waals surface area contributed by atoms with Crippen LogP contribution in [-0.2, 0) is 4.74 Å². The van der Waals surface area contributed by atoms with Gasteiger partial charge in [-0.3, -0.25) is 0 Å². The van der Waals surface area contributed by atoms with Gasteiger partial charge in [0.25, 0.3) is 0 Å². The predicted octanol–water partition coefficient (Wildman–Crippen LogP) is 3.00. The van der Waals surface area contributed by atoms with Crippen molar-refractivity contribution in [3.63, 3.8) is 0 Å². The molecule has 1 aliphatic rings. The molecule has 1 saturated heterocycles. The van der Waals surface area contributed by atoms with Crippen LogP contribution in [0.2, 0.25) is 0 Å². The van der Waals surface area contributed by atoms with E-state index in [9.17, 15) is 0 Å². The Morgan fingerprint density at radius 3 is 2.83 bits per heavy atom. The van der Waals surface area contributed by atoms with E-state index < -0.39 is 0 Å². The fraction of sp³-hybridized carbons (Fsp3) is 0.333. The number of nitrogens with one attached hydrogen (secondary N) is 1. The average molecular weight is 324 g/mol. The molecule has 124 valence electrons. The molecule has 3 aromatic rings. The molecule has 0 amide bonds. The number of ether oxygens (including phenoxy) is 2. The van der Waals surface area contributed by atoms with E-state index in [1.54, 1.807) is 7.11 Å². The lowest BCUT2D eigenvalue weighted by atomic mass is 10.1. The van der Waals surface area contributed by atoms with Crippen LogP contribution in [0.25, 0.3) is 16.9 Å². The van der Waals surface area contributed by atoms with Crippen LogP contribution in [0.5, 0.6) is 5.75 Å². The maximum atomic E-state index is 5.47. The molecule has 1 N–H and O–H groups in total. The number of fused-ring (bicyclic) bond motifs is 1. The van der Waals surface area contributed by atoms with Crippen LogP contribution in [-0.4, -0.2) is 41.0 Å². The van der Waals surface area contributed by atoms with E-state index in [2.05, 4.69) is 10.3 Å². The number of aromatic nitrogens is 3. The van der Waals surface area contributed by atoms with Crippen LogP contribution in [0.3, 0.4) is 0 Å². The molecule has 0 saturated carbocycles. The van der Waals surface area contributed by atoms with Gasteiger partial charge in [-0.2, -0.15) is 0 Å². The summed E-state index contributed by atoms with van der Waals surface area (Å²) in [6, 6.07) is 12.3. The van der Waals surface area contributed by atoms with Crippen molar-refractivity contribution in [3.05, 3.63) is 42.6 Å². The Labute approximate surface area is 140 Å². The Balaban J connectivity index is 1.70. The fourth-order valence-electron chi connectivity index (χ4n) is 3.04. The molecule has 2 aromatic heterocycles. The molecule has 0 bridgehead atoms. The van der Waals surface area contributed by atoms with Crippen LogP contribution in [0.4, 0.5) is 5.82 Å². The van der Waals surface area contributed by atoms with E-state index >= 15 is 0 Å². The summed E-state index contributed by atoms with van der Waals surface area (Å²) in [7, 11) is 1.67. The molecule has 1 aromatic carbocycles. The van der Waals surface area contributed by atoms with Crippen molar-refractivity contribution in [1.29, 1.82) is 0 Å². The van der Waals surface area contributed by atoms with Crippen molar-refractivity contribution in [2.24, 2.45) is 0 Å². The van der Waals surface area contributed by atoms with Crippen molar-refractivity contribution in [2.45, 2.75) is 18.9 Å². The standard InChI is InChI=1S/C18H20N4O2/c1-23-16-5-3-2-4-14(16)15-12-19-18-7-6-17(21-22(15)18)20-13-8-10-24-11-9-13/h2-7,12-13H,8-11H2,1H3,(H,20,21). The van der Waals surface area contributed by atoms with Crippen LogP contribution < -0.4 is 10.1 Å². The van der Waals surface area contributed by atoms with Gasteiger partial charge >= 0.3 is 0 Å². The van der Waals surface area contributed by atoms with Gasteiger partial charge in [0.1, 0.15) is 11.6 Å². The lowest BCUT2D eigenvalue weighted by Crippen LogP contribution is -2.28. The number of nitrogens with zero attached hydrogens (tertiary/aromatic N) is 3. The highest BCUT2D eigenvalue weighted by atomic mass is 16.5. The SMILES string of the molecule is COc1ccccc1-c1cnc2ccc(NC3CCOCC3)nn12. The number of hydrogen-bond acceptors (Lipinski definition) is 5. The van der Waals surface area contributed by atoms with Crippen molar-refractivity contribution in [1.82, 2.24) is 14.6 Å². The second-order valence-corrected chi connectivity index (χ2v) is 5.86. The molecule has 0 aliphatic carbocycles. The summed E-state index contributed by atoms with van der Waals surface area (Å²) < 4.78 is 12.7. The minimum absolute atomic E-state index is 0.405. The Hall–Kier alpha value is -2.60. The number of benzene rings is 1. The Kier molecular flexibility index (Phi) is 4.04. The van der Waals surface area contributed by atoms with Gasteiger partial charge in [0.2, 0.25) is 0 Å². The minimum Gasteiger partial charge on any atom is -0.496 e. The molecule has 24 heavy (non-hydrogen) atoms. The highest BCUT2D eigenvalue weighted by Crippen LogP contribution is 2.29. The quantitative estimate of drug-likeness (QED) is 0.799. The van der Waals surface area contributed by atoms with Gasteiger partial charge in [0.05, 0.1) is 19.0 Å². The third-order valence-corrected chi connectivity index (χ3v) is 4.32.